The first-order chi connectivity index (χ1) is 8.25. The summed E-state index contributed by atoms with van der Waals surface area (Å²) >= 11 is 11.8. The predicted molar refractivity (Wildman–Crippen MR) is 74.5 cm³/mol. The summed E-state index contributed by atoms with van der Waals surface area (Å²) in [6, 6.07) is 6.83. The molecule has 4 heteroatoms. The molecule has 0 aliphatic rings. The molecule has 0 aromatic heterocycles. The van der Waals surface area contributed by atoms with Crippen LogP contribution in [0.3, 0.4) is 0 Å². The molecule has 1 rings (SSSR count). The Kier molecular flexibility index (Phi) is 4.56. The van der Waals surface area contributed by atoms with Gasteiger partial charge in [0.1, 0.15) is 6.07 Å². The van der Waals surface area contributed by atoms with Crippen LogP contribution in [0.1, 0.15) is 26.3 Å². The van der Waals surface area contributed by atoms with Crippen molar-refractivity contribution in [1.29, 1.82) is 5.26 Å². The molecule has 0 radical (unpaired) electrons. The quantitative estimate of drug-likeness (QED) is 0.591. The first-order valence-electron chi connectivity index (χ1n) is 5.37. The zero-order valence-electron chi connectivity index (χ0n) is 10.4. The SMILES string of the molecule is CC(C)(C)C(=O)/C(C#N)=C/c1ccc(Cl)cc1Cl. The fourth-order valence-electron chi connectivity index (χ4n) is 1.33. The van der Waals surface area contributed by atoms with Gasteiger partial charge in [0.15, 0.2) is 5.78 Å². The lowest BCUT2D eigenvalue weighted by Gasteiger charge is -2.15. The zero-order chi connectivity index (χ0) is 13.9. The number of hydrogen-bond donors (Lipinski definition) is 0. The fourth-order valence-corrected chi connectivity index (χ4v) is 1.79. The van der Waals surface area contributed by atoms with E-state index in [0.29, 0.717) is 15.6 Å². The van der Waals surface area contributed by atoms with Gasteiger partial charge in [-0.2, -0.15) is 5.26 Å². The lowest BCUT2D eigenvalue weighted by Crippen LogP contribution is -2.21. The Morgan fingerprint density at radius 2 is 1.94 bits per heavy atom. The number of rotatable bonds is 2. The van der Waals surface area contributed by atoms with E-state index in [1.54, 1.807) is 39.0 Å². The Balaban J connectivity index is 3.22. The number of nitriles is 1. The van der Waals surface area contributed by atoms with Crippen LogP contribution in [0.25, 0.3) is 6.08 Å². The Morgan fingerprint density at radius 1 is 1.33 bits per heavy atom. The van der Waals surface area contributed by atoms with Crippen LogP contribution in [0.5, 0.6) is 0 Å². The Labute approximate surface area is 117 Å². The predicted octanol–water partition coefficient (Wildman–Crippen LogP) is 4.52. The van der Waals surface area contributed by atoms with E-state index in [1.807, 2.05) is 6.07 Å². The number of Topliss-reactive ketones (excluding diaryl/α,β-unsaturated/α-hetero) is 1. The third kappa shape index (κ3) is 3.60. The van der Waals surface area contributed by atoms with Gasteiger partial charge in [-0.25, -0.2) is 0 Å². The second-order valence-electron chi connectivity index (χ2n) is 4.91. The van der Waals surface area contributed by atoms with Gasteiger partial charge in [-0.1, -0.05) is 50.0 Å². The molecule has 0 atom stereocenters. The number of benzene rings is 1. The molecular weight excluding hydrogens is 269 g/mol. The molecule has 0 heterocycles. The first kappa shape index (κ1) is 14.8. The smallest absolute Gasteiger partial charge is 0.178 e. The summed E-state index contributed by atoms with van der Waals surface area (Å²) in [7, 11) is 0. The molecule has 0 aliphatic heterocycles. The average molecular weight is 282 g/mol. The van der Waals surface area contributed by atoms with Crippen LogP contribution in [0.15, 0.2) is 23.8 Å². The third-order valence-electron chi connectivity index (χ3n) is 2.31. The lowest BCUT2D eigenvalue weighted by atomic mass is 9.86. The molecule has 0 fully saturated rings. The van der Waals surface area contributed by atoms with Crippen LogP contribution in [-0.4, -0.2) is 5.78 Å². The van der Waals surface area contributed by atoms with Crippen molar-refractivity contribution in [3.8, 4) is 6.07 Å². The van der Waals surface area contributed by atoms with Crippen LogP contribution in [0.4, 0.5) is 0 Å². The van der Waals surface area contributed by atoms with Crippen molar-refractivity contribution >= 4 is 35.1 Å². The number of halogens is 2. The monoisotopic (exact) mass is 281 g/mol. The van der Waals surface area contributed by atoms with E-state index in [1.165, 1.54) is 6.08 Å². The van der Waals surface area contributed by atoms with Crippen LogP contribution < -0.4 is 0 Å². The van der Waals surface area contributed by atoms with E-state index < -0.39 is 5.41 Å². The van der Waals surface area contributed by atoms with E-state index in [9.17, 15) is 4.79 Å². The van der Waals surface area contributed by atoms with Crippen molar-refractivity contribution < 1.29 is 4.79 Å². The number of hydrogen-bond acceptors (Lipinski definition) is 2. The number of ketones is 1. The molecule has 0 saturated carbocycles. The summed E-state index contributed by atoms with van der Waals surface area (Å²) in [6.07, 6.45) is 1.49. The average Bonchev–Trinajstić information content (AvgIpc) is 2.26. The maximum Gasteiger partial charge on any atom is 0.178 e. The van der Waals surface area contributed by atoms with Crippen molar-refractivity contribution in [2.24, 2.45) is 5.41 Å². The standard InChI is InChI=1S/C14H13Cl2NO/c1-14(2,3)13(18)10(8-17)6-9-4-5-11(15)7-12(9)16/h4-7H,1-3H3/b10-6+. The van der Waals surface area contributed by atoms with E-state index in [0.717, 1.165) is 0 Å². The number of allylic oxidation sites excluding steroid dienone is 1. The summed E-state index contributed by atoms with van der Waals surface area (Å²) in [5, 5.41) is 9.98. The maximum absolute atomic E-state index is 12.0. The molecule has 1 aromatic rings. The molecule has 0 amide bonds. The third-order valence-corrected chi connectivity index (χ3v) is 2.87. The van der Waals surface area contributed by atoms with Gasteiger partial charge in [-0.15, -0.1) is 0 Å². The van der Waals surface area contributed by atoms with Gasteiger partial charge in [0.25, 0.3) is 0 Å². The second-order valence-corrected chi connectivity index (χ2v) is 5.76. The van der Waals surface area contributed by atoms with Crippen LogP contribution >= 0.6 is 23.2 Å². The molecule has 0 spiro atoms. The molecule has 94 valence electrons. The Bertz CT molecular complexity index is 548. The molecule has 0 unspecified atom stereocenters. The van der Waals surface area contributed by atoms with Crippen molar-refractivity contribution in [3.63, 3.8) is 0 Å². The van der Waals surface area contributed by atoms with Crippen LogP contribution in [-0.2, 0) is 4.79 Å². The van der Waals surface area contributed by atoms with E-state index in [-0.39, 0.29) is 11.4 Å². The zero-order valence-corrected chi connectivity index (χ0v) is 11.9. The molecule has 1 aromatic carbocycles. The van der Waals surface area contributed by atoms with Crippen molar-refractivity contribution in [3.05, 3.63) is 39.4 Å². The van der Waals surface area contributed by atoms with Crippen LogP contribution in [0, 0.1) is 16.7 Å². The number of carbonyl (C=O) groups is 1. The van der Waals surface area contributed by atoms with Gasteiger partial charge < -0.3 is 0 Å². The molecule has 0 aliphatic carbocycles. The second kappa shape index (κ2) is 5.56. The largest absolute Gasteiger partial charge is 0.293 e. The molecule has 0 saturated heterocycles. The van der Waals surface area contributed by atoms with E-state index in [4.69, 9.17) is 28.5 Å². The van der Waals surface area contributed by atoms with Gasteiger partial charge >= 0.3 is 0 Å². The highest BCUT2D eigenvalue weighted by Crippen LogP contribution is 2.26. The molecular formula is C14H13Cl2NO. The summed E-state index contributed by atoms with van der Waals surface area (Å²) in [4.78, 5) is 12.0. The molecule has 0 bridgehead atoms. The van der Waals surface area contributed by atoms with Gasteiger partial charge in [0.2, 0.25) is 0 Å². The molecule has 2 nitrogen and oxygen atoms in total. The van der Waals surface area contributed by atoms with Gasteiger partial charge in [-0.3, -0.25) is 4.79 Å². The summed E-state index contributed by atoms with van der Waals surface area (Å²) < 4.78 is 0. The summed E-state index contributed by atoms with van der Waals surface area (Å²) in [5.41, 5.74) is 0.0995. The van der Waals surface area contributed by atoms with Gasteiger partial charge in [0, 0.05) is 15.5 Å². The first-order valence-corrected chi connectivity index (χ1v) is 6.13. The molecule has 18 heavy (non-hydrogen) atoms. The van der Waals surface area contributed by atoms with Gasteiger partial charge in [-0.05, 0) is 23.8 Å². The highest BCUT2D eigenvalue weighted by molar-refractivity contribution is 6.35. The van der Waals surface area contributed by atoms with Crippen LogP contribution in [0.2, 0.25) is 10.0 Å². The highest BCUT2D eigenvalue weighted by Gasteiger charge is 2.25. The minimum absolute atomic E-state index is 0.0896. The van der Waals surface area contributed by atoms with Crippen molar-refractivity contribution in [1.82, 2.24) is 0 Å². The normalized spacial score (nSPS) is 12.1. The summed E-state index contributed by atoms with van der Waals surface area (Å²) in [5.74, 6) is -0.212. The topological polar surface area (TPSA) is 40.9 Å². The van der Waals surface area contributed by atoms with E-state index in [2.05, 4.69) is 0 Å². The van der Waals surface area contributed by atoms with Crippen molar-refractivity contribution in [2.45, 2.75) is 20.8 Å². The van der Waals surface area contributed by atoms with Crippen molar-refractivity contribution in [2.75, 3.05) is 0 Å². The Hall–Kier alpha value is -1.30. The Morgan fingerprint density at radius 3 is 2.39 bits per heavy atom. The minimum atomic E-state index is -0.597. The van der Waals surface area contributed by atoms with E-state index >= 15 is 0 Å². The minimum Gasteiger partial charge on any atom is -0.293 e. The fraction of sp³-hybridized carbons (Fsp3) is 0.286. The lowest BCUT2D eigenvalue weighted by molar-refractivity contribution is -0.121. The number of nitrogens with zero attached hydrogens (tertiary/aromatic N) is 1. The number of carbonyl (C=O) groups excluding carboxylic acids is 1. The summed E-state index contributed by atoms with van der Waals surface area (Å²) in [6.45, 7) is 5.30. The maximum atomic E-state index is 12.0. The highest BCUT2D eigenvalue weighted by atomic mass is 35.5. The van der Waals surface area contributed by atoms with Gasteiger partial charge in [0.05, 0.1) is 5.57 Å². The molecule has 0 N–H and O–H groups in total.